The van der Waals surface area contributed by atoms with Gasteiger partial charge in [-0.3, -0.25) is 9.59 Å². The molecule has 0 saturated heterocycles. The average Bonchev–Trinajstić information content (AvgIpc) is 3.03. The molecule has 9 nitrogen and oxygen atoms in total. The number of carbonyl (C=O) groups excluding carboxylic acids is 1. The summed E-state index contributed by atoms with van der Waals surface area (Å²) in [4.78, 5) is 31.5. The fraction of sp³-hybridized carbons (Fsp3) is 0.222. The van der Waals surface area contributed by atoms with Gasteiger partial charge in [0.25, 0.3) is 11.5 Å². The third-order valence-electron chi connectivity index (χ3n) is 7.31. The maximum atomic E-state index is 14.0. The number of nitrogens with zero attached hydrogens (tertiary/aromatic N) is 3. The van der Waals surface area contributed by atoms with Crippen LogP contribution in [0.2, 0.25) is 5.02 Å². The Labute approximate surface area is 276 Å². The predicted molar refractivity (Wildman–Crippen MR) is 183 cm³/mol. The van der Waals surface area contributed by atoms with E-state index < -0.39 is 18.3 Å². The van der Waals surface area contributed by atoms with E-state index in [1.807, 2.05) is 32.0 Å². The number of hydrogen-bond donors (Lipinski definition) is 1. The number of amides is 1. The SMILES string of the molecule is CCOc1cc(C)c(-c2nc3ccccc3c(=O)n2N=Cc2cc(Cl)cc(OC)c2OCC(=O)Nc2cccc(F)c2)cc1C(C)C. The number of rotatable bonds is 11. The zero-order valence-electron chi connectivity index (χ0n) is 26.6. The number of aryl methyl sites for hydroxylation is 1. The summed E-state index contributed by atoms with van der Waals surface area (Å²) in [7, 11) is 1.43. The number of para-hydroxylation sites is 1. The lowest BCUT2D eigenvalue weighted by Gasteiger charge is -2.18. The Bertz CT molecular complexity index is 2040. The van der Waals surface area contributed by atoms with Gasteiger partial charge in [0.05, 0.1) is 30.8 Å². The molecule has 0 radical (unpaired) electrons. The summed E-state index contributed by atoms with van der Waals surface area (Å²) in [6.45, 7) is 8.10. The van der Waals surface area contributed by atoms with E-state index >= 15 is 0 Å². The van der Waals surface area contributed by atoms with E-state index in [1.54, 1.807) is 30.3 Å². The number of fused-ring (bicyclic) bond motifs is 1. The molecule has 0 aliphatic heterocycles. The van der Waals surface area contributed by atoms with Crippen LogP contribution in [0.1, 0.15) is 43.4 Å². The molecular weight excluding hydrogens is 623 g/mol. The van der Waals surface area contributed by atoms with Crippen LogP contribution < -0.4 is 25.1 Å². The molecule has 0 aliphatic carbocycles. The van der Waals surface area contributed by atoms with E-state index in [0.29, 0.717) is 39.5 Å². The molecule has 242 valence electrons. The maximum Gasteiger partial charge on any atom is 0.282 e. The number of halogens is 2. The van der Waals surface area contributed by atoms with Crippen molar-refractivity contribution in [3.63, 3.8) is 0 Å². The Morgan fingerprint density at radius 3 is 2.57 bits per heavy atom. The molecule has 47 heavy (non-hydrogen) atoms. The number of carbonyl (C=O) groups is 1. The molecule has 1 aromatic heterocycles. The van der Waals surface area contributed by atoms with Crippen LogP contribution in [-0.4, -0.2) is 42.1 Å². The van der Waals surface area contributed by atoms with Gasteiger partial charge in [0, 0.05) is 27.9 Å². The fourth-order valence-corrected chi connectivity index (χ4v) is 5.30. The largest absolute Gasteiger partial charge is 0.494 e. The highest BCUT2D eigenvalue weighted by Crippen LogP contribution is 2.36. The predicted octanol–water partition coefficient (Wildman–Crippen LogP) is 7.59. The topological polar surface area (TPSA) is 104 Å². The number of ether oxygens (including phenoxy) is 3. The highest BCUT2D eigenvalue weighted by Gasteiger charge is 2.20. The van der Waals surface area contributed by atoms with Crippen LogP contribution in [0.15, 0.2) is 82.7 Å². The molecule has 0 fully saturated rings. The average molecular weight is 657 g/mol. The number of methoxy groups -OCH3 is 1. The molecule has 0 aliphatic rings. The minimum absolute atomic E-state index is 0.136. The minimum atomic E-state index is -0.528. The molecule has 1 N–H and O–H groups in total. The first-order chi connectivity index (χ1) is 22.6. The highest BCUT2D eigenvalue weighted by atomic mass is 35.5. The van der Waals surface area contributed by atoms with Crippen LogP contribution in [0.25, 0.3) is 22.3 Å². The number of hydrogen-bond acceptors (Lipinski definition) is 7. The summed E-state index contributed by atoms with van der Waals surface area (Å²) < 4.78 is 32.1. The van der Waals surface area contributed by atoms with Crippen LogP contribution >= 0.6 is 11.6 Å². The summed E-state index contributed by atoms with van der Waals surface area (Å²) in [5.74, 6) is 0.634. The van der Waals surface area contributed by atoms with Gasteiger partial charge in [0.1, 0.15) is 11.6 Å². The lowest BCUT2D eigenvalue weighted by atomic mass is 9.96. The smallest absolute Gasteiger partial charge is 0.282 e. The Hall–Kier alpha value is -5.22. The van der Waals surface area contributed by atoms with Crippen molar-refractivity contribution in [2.75, 3.05) is 25.6 Å². The third kappa shape index (κ3) is 7.44. The molecular formula is C36H34ClFN4O5. The van der Waals surface area contributed by atoms with Crippen molar-refractivity contribution in [1.82, 2.24) is 9.66 Å². The van der Waals surface area contributed by atoms with Crippen molar-refractivity contribution < 1.29 is 23.4 Å². The Morgan fingerprint density at radius 2 is 1.85 bits per heavy atom. The number of anilines is 1. The molecule has 0 atom stereocenters. The molecule has 0 unspecified atom stereocenters. The first kappa shape index (κ1) is 33.2. The van der Waals surface area contributed by atoms with Gasteiger partial charge in [-0.2, -0.15) is 9.78 Å². The summed E-state index contributed by atoms with van der Waals surface area (Å²) >= 11 is 6.41. The monoisotopic (exact) mass is 656 g/mol. The molecule has 0 saturated carbocycles. The lowest BCUT2D eigenvalue weighted by molar-refractivity contribution is -0.118. The van der Waals surface area contributed by atoms with Crippen LogP contribution in [-0.2, 0) is 4.79 Å². The first-order valence-corrected chi connectivity index (χ1v) is 15.4. The molecule has 11 heteroatoms. The zero-order chi connectivity index (χ0) is 33.7. The molecule has 1 amide bonds. The van der Waals surface area contributed by atoms with Gasteiger partial charge < -0.3 is 19.5 Å². The lowest BCUT2D eigenvalue weighted by Crippen LogP contribution is -2.21. The first-order valence-electron chi connectivity index (χ1n) is 15.0. The van der Waals surface area contributed by atoms with Crippen LogP contribution in [0.5, 0.6) is 17.2 Å². The minimum Gasteiger partial charge on any atom is -0.494 e. The van der Waals surface area contributed by atoms with Gasteiger partial charge in [-0.1, -0.05) is 43.6 Å². The fourth-order valence-electron chi connectivity index (χ4n) is 5.09. The van der Waals surface area contributed by atoms with Crippen molar-refractivity contribution in [3.8, 4) is 28.6 Å². The quantitative estimate of drug-likeness (QED) is 0.147. The van der Waals surface area contributed by atoms with E-state index in [-0.39, 0.29) is 28.7 Å². The van der Waals surface area contributed by atoms with Crippen LogP contribution in [0.4, 0.5) is 10.1 Å². The van der Waals surface area contributed by atoms with Gasteiger partial charge in [0.15, 0.2) is 23.9 Å². The second kappa shape index (κ2) is 14.5. The summed E-state index contributed by atoms with van der Waals surface area (Å²) in [5, 5.41) is 7.90. The molecule has 4 aromatic carbocycles. The number of benzene rings is 4. The number of aromatic nitrogens is 2. The van der Waals surface area contributed by atoms with Gasteiger partial charge in [-0.15, -0.1) is 0 Å². The zero-order valence-corrected chi connectivity index (χ0v) is 27.4. The van der Waals surface area contributed by atoms with Crippen LogP contribution in [0.3, 0.4) is 0 Å². The van der Waals surface area contributed by atoms with E-state index in [0.717, 1.165) is 16.9 Å². The van der Waals surface area contributed by atoms with E-state index in [1.165, 1.54) is 42.3 Å². The van der Waals surface area contributed by atoms with Crippen molar-refractivity contribution >= 4 is 40.3 Å². The van der Waals surface area contributed by atoms with Crippen molar-refractivity contribution in [1.29, 1.82) is 0 Å². The second-order valence-electron chi connectivity index (χ2n) is 11.0. The molecule has 0 bridgehead atoms. The van der Waals surface area contributed by atoms with Gasteiger partial charge in [-0.05, 0) is 79.4 Å². The Morgan fingerprint density at radius 1 is 1.06 bits per heavy atom. The van der Waals surface area contributed by atoms with E-state index in [9.17, 15) is 14.0 Å². The van der Waals surface area contributed by atoms with E-state index in [2.05, 4.69) is 24.3 Å². The van der Waals surface area contributed by atoms with Crippen LogP contribution in [0, 0.1) is 12.7 Å². The molecule has 0 spiro atoms. The highest BCUT2D eigenvalue weighted by molar-refractivity contribution is 6.31. The third-order valence-corrected chi connectivity index (χ3v) is 7.53. The Balaban J connectivity index is 1.59. The maximum absolute atomic E-state index is 14.0. The second-order valence-corrected chi connectivity index (χ2v) is 11.4. The van der Waals surface area contributed by atoms with Crippen molar-refractivity contribution in [2.45, 2.75) is 33.6 Å². The molecule has 1 heterocycles. The summed E-state index contributed by atoms with van der Waals surface area (Å²) in [6.07, 6.45) is 1.41. The van der Waals surface area contributed by atoms with Crippen molar-refractivity contribution in [3.05, 3.63) is 111 Å². The van der Waals surface area contributed by atoms with Gasteiger partial charge in [-0.25, -0.2) is 9.37 Å². The van der Waals surface area contributed by atoms with Gasteiger partial charge in [0.2, 0.25) is 0 Å². The molecule has 5 aromatic rings. The normalized spacial score (nSPS) is 11.3. The number of nitrogens with one attached hydrogen (secondary N) is 1. The molecule has 5 rings (SSSR count). The van der Waals surface area contributed by atoms with Crippen molar-refractivity contribution in [2.24, 2.45) is 5.10 Å². The Kier molecular flexibility index (Phi) is 10.2. The standard InChI is InChI=1S/C36H34ClFN4O5/c1-6-46-31-14-22(4)29(18-28(31)21(2)3)35-41-30-13-8-7-12-27(30)36(44)42(35)39-19-23-15-24(37)16-32(45-5)34(23)47-20-33(43)40-26-11-9-10-25(38)17-26/h7-19,21H,6,20H2,1-5H3,(H,40,43). The van der Waals surface area contributed by atoms with Gasteiger partial charge >= 0.3 is 0 Å². The summed E-state index contributed by atoms with van der Waals surface area (Å²) in [5.41, 5.74) is 3.29. The van der Waals surface area contributed by atoms with E-state index in [4.69, 9.17) is 30.8 Å². The summed E-state index contributed by atoms with van der Waals surface area (Å²) in [6, 6.07) is 19.6.